The number of carbonyl (C=O) groups is 1. The van der Waals surface area contributed by atoms with Gasteiger partial charge in [-0.25, -0.2) is 5.43 Å². The lowest BCUT2D eigenvalue weighted by molar-refractivity contribution is -0.385. The quantitative estimate of drug-likeness (QED) is 0.447. The van der Waals surface area contributed by atoms with Crippen LogP contribution < -0.4 is 19.6 Å². The minimum absolute atomic E-state index is 0.0195. The number of fused-ring (bicyclic) bond motifs is 1. The lowest BCUT2D eigenvalue weighted by Gasteiger charge is -2.05. The zero-order valence-electron chi connectivity index (χ0n) is 15.0. The fourth-order valence-electron chi connectivity index (χ4n) is 2.33. The molecule has 28 heavy (non-hydrogen) atoms. The van der Waals surface area contributed by atoms with Crippen LogP contribution in [0.25, 0.3) is 6.08 Å². The number of nitrogens with zero attached hydrogens (tertiary/aromatic N) is 2. The highest BCUT2D eigenvalue weighted by Gasteiger charge is 2.15. The van der Waals surface area contributed by atoms with Crippen LogP contribution in [0.3, 0.4) is 0 Å². The van der Waals surface area contributed by atoms with E-state index in [-0.39, 0.29) is 18.2 Å². The van der Waals surface area contributed by atoms with Gasteiger partial charge in [0, 0.05) is 6.07 Å². The number of benzene rings is 2. The third kappa shape index (κ3) is 4.85. The fourth-order valence-corrected chi connectivity index (χ4v) is 2.33. The van der Waals surface area contributed by atoms with E-state index in [1.54, 1.807) is 19.1 Å². The summed E-state index contributed by atoms with van der Waals surface area (Å²) in [6, 6.07) is 11.4. The molecule has 1 aliphatic heterocycles. The zero-order chi connectivity index (χ0) is 19.9. The van der Waals surface area contributed by atoms with Gasteiger partial charge in [-0.1, -0.05) is 24.3 Å². The van der Waals surface area contributed by atoms with Gasteiger partial charge in [-0.2, -0.15) is 5.10 Å². The highest BCUT2D eigenvalue weighted by Crippen LogP contribution is 2.32. The molecule has 0 spiro atoms. The van der Waals surface area contributed by atoms with Crippen molar-refractivity contribution in [3.05, 3.63) is 64.2 Å². The van der Waals surface area contributed by atoms with Crippen molar-refractivity contribution >= 4 is 23.4 Å². The smallest absolute Gasteiger partial charge is 0.310 e. The predicted octanol–water partition coefficient (Wildman–Crippen LogP) is 2.91. The molecule has 0 saturated carbocycles. The third-order valence-electron chi connectivity index (χ3n) is 3.69. The Kier molecular flexibility index (Phi) is 5.85. The van der Waals surface area contributed by atoms with Crippen LogP contribution >= 0.6 is 0 Å². The number of hydrazone groups is 1. The van der Waals surface area contributed by atoms with Crippen LogP contribution in [-0.4, -0.2) is 29.9 Å². The molecule has 9 heteroatoms. The summed E-state index contributed by atoms with van der Waals surface area (Å²) < 4.78 is 15.8. The van der Waals surface area contributed by atoms with Crippen LogP contribution in [0.2, 0.25) is 0 Å². The molecule has 0 bridgehead atoms. The molecule has 1 heterocycles. The van der Waals surface area contributed by atoms with Crippen molar-refractivity contribution in [2.75, 3.05) is 13.4 Å². The number of para-hydroxylation sites is 2. The van der Waals surface area contributed by atoms with Crippen molar-refractivity contribution < 1.29 is 23.9 Å². The second kappa shape index (κ2) is 8.67. The van der Waals surface area contributed by atoms with Crippen molar-refractivity contribution in [2.24, 2.45) is 5.10 Å². The Morgan fingerprint density at radius 3 is 2.89 bits per heavy atom. The largest absolute Gasteiger partial charge is 0.477 e. The van der Waals surface area contributed by atoms with Crippen LogP contribution in [0.15, 0.2) is 53.6 Å². The monoisotopic (exact) mass is 383 g/mol. The third-order valence-corrected chi connectivity index (χ3v) is 3.69. The summed E-state index contributed by atoms with van der Waals surface area (Å²) in [5, 5.41) is 14.9. The molecule has 2 aromatic rings. The first kappa shape index (κ1) is 18.9. The molecule has 1 N–H and O–H groups in total. The molecule has 0 radical (unpaired) electrons. The predicted molar refractivity (Wildman–Crippen MR) is 101 cm³/mol. The Morgan fingerprint density at radius 1 is 1.29 bits per heavy atom. The van der Waals surface area contributed by atoms with Gasteiger partial charge in [-0.15, -0.1) is 0 Å². The normalized spacial score (nSPS) is 12.8. The minimum Gasteiger partial charge on any atom is -0.477 e. The van der Waals surface area contributed by atoms with Gasteiger partial charge in [0.05, 0.1) is 10.6 Å². The summed E-state index contributed by atoms with van der Waals surface area (Å²) in [5.41, 5.74) is 3.58. The second-order valence-electron chi connectivity index (χ2n) is 5.75. The van der Waals surface area contributed by atoms with E-state index < -0.39 is 17.4 Å². The number of hydrogen-bond donors (Lipinski definition) is 1. The average Bonchev–Trinajstić information content (AvgIpc) is 3.17. The summed E-state index contributed by atoms with van der Waals surface area (Å²) in [5.74, 6) is 0.866. The summed E-state index contributed by atoms with van der Waals surface area (Å²) >= 11 is 0. The van der Waals surface area contributed by atoms with E-state index in [1.165, 1.54) is 18.2 Å². The summed E-state index contributed by atoms with van der Waals surface area (Å²) in [4.78, 5) is 22.2. The number of rotatable bonds is 7. The van der Waals surface area contributed by atoms with Gasteiger partial charge in [0.2, 0.25) is 6.79 Å². The summed E-state index contributed by atoms with van der Waals surface area (Å²) in [6.45, 7) is 1.53. The highest BCUT2D eigenvalue weighted by atomic mass is 16.7. The number of nitrogens with one attached hydrogen (secondary N) is 1. The molecule has 0 aromatic heterocycles. The molecule has 0 atom stereocenters. The lowest BCUT2D eigenvalue weighted by atomic mass is 10.2. The number of allylic oxidation sites excluding steroid dienone is 1. The first-order chi connectivity index (χ1) is 13.5. The van der Waals surface area contributed by atoms with Crippen molar-refractivity contribution in [1.29, 1.82) is 0 Å². The number of nitro groups is 1. The molecule has 1 aliphatic rings. The SMILES string of the molecule is CC(C=Cc1ccc2c(c1)OCO2)=NNC(=O)COc1ccccc1[N+](=O)[O-]. The Morgan fingerprint density at radius 2 is 2.07 bits per heavy atom. The van der Waals surface area contributed by atoms with E-state index >= 15 is 0 Å². The fraction of sp³-hybridized carbons (Fsp3) is 0.158. The van der Waals surface area contributed by atoms with Gasteiger partial charge >= 0.3 is 5.69 Å². The maximum atomic E-state index is 11.8. The van der Waals surface area contributed by atoms with Gasteiger partial charge in [0.1, 0.15) is 0 Å². The van der Waals surface area contributed by atoms with Crippen LogP contribution in [-0.2, 0) is 4.79 Å². The van der Waals surface area contributed by atoms with E-state index in [0.29, 0.717) is 17.2 Å². The second-order valence-corrected chi connectivity index (χ2v) is 5.75. The zero-order valence-corrected chi connectivity index (χ0v) is 15.0. The van der Waals surface area contributed by atoms with Gasteiger partial charge in [0.15, 0.2) is 23.9 Å². The lowest BCUT2D eigenvalue weighted by Crippen LogP contribution is -2.25. The molecule has 0 unspecified atom stereocenters. The molecule has 9 nitrogen and oxygen atoms in total. The number of amides is 1. The summed E-state index contributed by atoms with van der Waals surface area (Å²) in [7, 11) is 0. The van der Waals surface area contributed by atoms with Gasteiger partial charge in [0.25, 0.3) is 5.91 Å². The molecular formula is C19H17N3O6. The maximum Gasteiger partial charge on any atom is 0.310 e. The van der Waals surface area contributed by atoms with Gasteiger partial charge < -0.3 is 14.2 Å². The summed E-state index contributed by atoms with van der Waals surface area (Å²) in [6.07, 6.45) is 3.54. The molecule has 0 aliphatic carbocycles. The first-order valence-corrected chi connectivity index (χ1v) is 8.30. The molecule has 1 amide bonds. The average molecular weight is 383 g/mol. The van der Waals surface area contributed by atoms with Crippen molar-refractivity contribution in [1.82, 2.24) is 5.43 Å². The molecular weight excluding hydrogens is 366 g/mol. The maximum absolute atomic E-state index is 11.8. The van der Waals surface area contributed by atoms with Gasteiger partial charge in [-0.3, -0.25) is 14.9 Å². The van der Waals surface area contributed by atoms with E-state index in [4.69, 9.17) is 14.2 Å². The molecule has 3 rings (SSSR count). The van der Waals surface area contributed by atoms with E-state index in [1.807, 2.05) is 24.3 Å². The van der Waals surface area contributed by atoms with Crippen molar-refractivity contribution in [3.8, 4) is 17.2 Å². The Balaban J connectivity index is 1.52. The highest BCUT2D eigenvalue weighted by molar-refractivity contribution is 5.97. The van der Waals surface area contributed by atoms with E-state index in [0.717, 1.165) is 5.56 Å². The van der Waals surface area contributed by atoms with E-state index in [2.05, 4.69) is 10.5 Å². The Hall–Kier alpha value is -3.88. The molecule has 2 aromatic carbocycles. The van der Waals surface area contributed by atoms with Crippen LogP contribution in [0.1, 0.15) is 12.5 Å². The molecule has 0 saturated heterocycles. The Bertz CT molecular complexity index is 954. The number of ether oxygens (including phenoxy) is 3. The molecule has 144 valence electrons. The minimum atomic E-state index is -0.573. The van der Waals surface area contributed by atoms with Crippen LogP contribution in [0.4, 0.5) is 5.69 Å². The standard InChI is InChI=1S/C19H17N3O6/c1-13(6-7-14-8-9-17-18(10-14)28-12-27-17)20-21-19(23)11-26-16-5-3-2-4-15(16)22(24)25/h2-10H,11-12H2,1H3,(H,21,23). The molecule has 0 fully saturated rings. The number of hydrogen-bond acceptors (Lipinski definition) is 7. The van der Waals surface area contributed by atoms with Crippen molar-refractivity contribution in [2.45, 2.75) is 6.92 Å². The van der Waals surface area contributed by atoms with Crippen molar-refractivity contribution in [3.63, 3.8) is 0 Å². The Labute approximate surface area is 160 Å². The van der Waals surface area contributed by atoms with Crippen LogP contribution in [0, 0.1) is 10.1 Å². The number of carbonyl (C=O) groups excluding carboxylic acids is 1. The first-order valence-electron chi connectivity index (χ1n) is 8.30. The topological polar surface area (TPSA) is 112 Å². The van der Waals surface area contributed by atoms with Crippen LogP contribution in [0.5, 0.6) is 17.2 Å². The van der Waals surface area contributed by atoms with Gasteiger partial charge in [-0.05, 0) is 36.8 Å². The number of nitro benzene ring substituents is 1. The van der Waals surface area contributed by atoms with E-state index in [9.17, 15) is 14.9 Å².